The fourth-order valence-electron chi connectivity index (χ4n) is 3.84. The van der Waals surface area contributed by atoms with E-state index in [4.69, 9.17) is 5.73 Å². The third kappa shape index (κ3) is 4.25. The maximum atomic E-state index is 13.0. The number of halogens is 1. The van der Waals surface area contributed by atoms with Crippen LogP contribution in [0.1, 0.15) is 43.6 Å². The van der Waals surface area contributed by atoms with Crippen molar-refractivity contribution in [2.75, 3.05) is 7.05 Å². The van der Waals surface area contributed by atoms with Gasteiger partial charge in [-0.1, -0.05) is 12.7 Å². The first-order chi connectivity index (χ1) is 14.5. The van der Waals surface area contributed by atoms with Gasteiger partial charge in [-0.25, -0.2) is 27.1 Å². The second-order valence-electron chi connectivity index (χ2n) is 7.85. The molecule has 0 saturated heterocycles. The van der Waals surface area contributed by atoms with Crippen molar-refractivity contribution >= 4 is 21.9 Å². The number of hydrogen-bond acceptors (Lipinski definition) is 6. The normalized spacial score (nSPS) is 27.4. The first-order valence-corrected chi connectivity index (χ1v) is 11.3. The monoisotopic (exact) mass is 447 g/mol. The van der Waals surface area contributed by atoms with E-state index >= 15 is 0 Å². The molecule has 2 heterocycles. The Bertz CT molecular complexity index is 1110. The first kappa shape index (κ1) is 22.7. The molecule has 0 unspecified atom stereocenters. The van der Waals surface area contributed by atoms with E-state index in [1.165, 1.54) is 13.1 Å². The fourth-order valence-corrected chi connectivity index (χ4v) is 5.76. The Hall–Kier alpha value is -3.01. The molecule has 1 aliphatic carbocycles. The second-order valence-corrected chi connectivity index (χ2v) is 9.99. The smallest absolute Gasteiger partial charge is 0.273 e. The van der Waals surface area contributed by atoms with Crippen molar-refractivity contribution in [2.45, 2.75) is 43.9 Å². The van der Waals surface area contributed by atoms with E-state index in [9.17, 15) is 17.6 Å². The molecular formula is C21H26FN5O3S. The van der Waals surface area contributed by atoms with E-state index in [1.54, 1.807) is 26.0 Å². The van der Waals surface area contributed by atoms with Crippen molar-refractivity contribution in [2.24, 2.45) is 10.7 Å². The fraction of sp³-hybridized carbons (Fsp3) is 0.381. The zero-order valence-electron chi connectivity index (χ0n) is 17.7. The van der Waals surface area contributed by atoms with Gasteiger partial charge in [0.1, 0.15) is 22.3 Å². The van der Waals surface area contributed by atoms with Crippen LogP contribution in [-0.4, -0.2) is 47.4 Å². The van der Waals surface area contributed by atoms with Crippen molar-refractivity contribution in [3.8, 4) is 0 Å². The summed E-state index contributed by atoms with van der Waals surface area (Å²) in [6.45, 7) is 7.61. The third-order valence-corrected chi connectivity index (χ3v) is 8.12. The van der Waals surface area contributed by atoms with Gasteiger partial charge < -0.3 is 11.1 Å². The van der Waals surface area contributed by atoms with E-state index in [0.29, 0.717) is 30.5 Å². The molecule has 3 rings (SSSR count). The van der Waals surface area contributed by atoms with Crippen LogP contribution in [0.25, 0.3) is 0 Å². The van der Waals surface area contributed by atoms with Crippen LogP contribution in [0.3, 0.4) is 0 Å². The van der Waals surface area contributed by atoms with Crippen LogP contribution in [0.4, 0.5) is 4.39 Å². The molecule has 1 aromatic heterocycles. The molecule has 3 N–H and O–H groups in total. The Labute approximate surface area is 181 Å². The predicted octanol–water partition coefficient (Wildman–Crippen LogP) is 2.24. The molecule has 1 aromatic rings. The molecule has 10 heteroatoms. The molecule has 166 valence electrons. The van der Waals surface area contributed by atoms with Gasteiger partial charge in [0, 0.05) is 12.7 Å². The standard InChI is InChI=1S/C21H26FN5O3S/c1-13(25-19(28)17-11-10-16(22)12-24-17)8-9-15-6-5-7-18-21(3,14(15)2)26-20(23)27(4)31(18,29)30/h8-12,18H,2,5-7H2,1,3-4H3,(H2,23,26)(H,25,28)/b13-8+,15-9-/t18-,21+/m0/s1. The molecule has 31 heavy (non-hydrogen) atoms. The van der Waals surface area contributed by atoms with Crippen LogP contribution in [0.15, 0.2) is 58.9 Å². The lowest BCUT2D eigenvalue weighted by atomic mass is 9.85. The lowest BCUT2D eigenvalue weighted by Gasteiger charge is -2.41. The minimum atomic E-state index is -3.65. The maximum Gasteiger partial charge on any atom is 0.273 e. The summed E-state index contributed by atoms with van der Waals surface area (Å²) in [5.74, 6) is -1.05. The van der Waals surface area contributed by atoms with Crippen LogP contribution in [0, 0.1) is 5.82 Å². The highest BCUT2D eigenvalue weighted by Gasteiger charge is 2.51. The number of allylic oxidation sites excluding steroid dienone is 3. The molecule has 2 atom stereocenters. The number of rotatable bonds is 3. The molecule has 1 saturated carbocycles. The summed E-state index contributed by atoms with van der Waals surface area (Å²) in [7, 11) is -2.24. The number of nitrogens with zero attached hydrogens (tertiary/aromatic N) is 3. The molecule has 2 aliphatic rings. The van der Waals surface area contributed by atoms with Crippen LogP contribution in [0.5, 0.6) is 0 Å². The van der Waals surface area contributed by atoms with Crippen molar-refractivity contribution < 1.29 is 17.6 Å². The van der Waals surface area contributed by atoms with Gasteiger partial charge in [-0.2, -0.15) is 0 Å². The summed E-state index contributed by atoms with van der Waals surface area (Å²) in [5, 5.41) is 1.94. The molecule has 0 aromatic carbocycles. The largest absolute Gasteiger partial charge is 0.369 e. The van der Waals surface area contributed by atoms with Gasteiger partial charge in [-0.05, 0) is 62.5 Å². The number of nitrogens with one attached hydrogen (secondary N) is 1. The van der Waals surface area contributed by atoms with Crippen LogP contribution >= 0.6 is 0 Å². The Morgan fingerprint density at radius 1 is 1.45 bits per heavy atom. The Morgan fingerprint density at radius 3 is 2.81 bits per heavy atom. The number of pyridine rings is 1. The summed E-state index contributed by atoms with van der Waals surface area (Å²) in [4.78, 5) is 20.5. The number of fused-ring (bicyclic) bond motifs is 1. The summed E-state index contributed by atoms with van der Waals surface area (Å²) in [5.41, 5.74) is 6.89. The summed E-state index contributed by atoms with van der Waals surface area (Å²) in [6.07, 6.45) is 6.20. The lowest BCUT2D eigenvalue weighted by molar-refractivity contribution is 0.0961. The Kier molecular flexibility index (Phi) is 6.04. The topological polar surface area (TPSA) is 118 Å². The molecule has 8 nitrogen and oxygen atoms in total. The number of aliphatic imine (C=N–C) groups is 1. The quantitative estimate of drug-likeness (QED) is 0.737. The minimum Gasteiger partial charge on any atom is -0.369 e. The average Bonchev–Trinajstić information content (AvgIpc) is 2.83. The number of carbonyl (C=O) groups is 1. The zero-order valence-corrected chi connectivity index (χ0v) is 18.5. The Morgan fingerprint density at radius 2 is 2.16 bits per heavy atom. The number of nitrogens with two attached hydrogens (primary N) is 1. The highest BCUT2D eigenvalue weighted by Crippen LogP contribution is 2.43. The number of aromatic nitrogens is 1. The number of carbonyl (C=O) groups excluding carboxylic acids is 1. The molecule has 1 fully saturated rings. The van der Waals surface area contributed by atoms with E-state index in [1.807, 2.05) is 0 Å². The van der Waals surface area contributed by atoms with E-state index < -0.39 is 32.5 Å². The van der Waals surface area contributed by atoms with Crippen molar-refractivity contribution in [3.63, 3.8) is 0 Å². The minimum absolute atomic E-state index is 0.0630. The van der Waals surface area contributed by atoms with Gasteiger partial charge in [0.05, 0.1) is 6.20 Å². The van der Waals surface area contributed by atoms with Crippen molar-refractivity contribution in [1.29, 1.82) is 0 Å². The van der Waals surface area contributed by atoms with E-state index in [2.05, 4.69) is 21.9 Å². The highest BCUT2D eigenvalue weighted by atomic mass is 32.2. The Balaban J connectivity index is 1.85. The van der Waals surface area contributed by atoms with E-state index in [0.717, 1.165) is 22.1 Å². The van der Waals surface area contributed by atoms with Gasteiger partial charge in [-0.3, -0.25) is 4.79 Å². The first-order valence-electron chi connectivity index (χ1n) is 9.80. The molecular weight excluding hydrogens is 421 g/mol. The zero-order chi connectivity index (χ0) is 23.0. The molecule has 0 bridgehead atoms. The maximum absolute atomic E-state index is 13.0. The summed E-state index contributed by atoms with van der Waals surface area (Å²) >= 11 is 0. The van der Waals surface area contributed by atoms with Gasteiger partial charge in [0.2, 0.25) is 16.0 Å². The summed E-state index contributed by atoms with van der Waals surface area (Å²) < 4.78 is 39.9. The summed E-state index contributed by atoms with van der Waals surface area (Å²) in [6, 6.07) is 2.46. The van der Waals surface area contributed by atoms with Gasteiger partial charge >= 0.3 is 0 Å². The van der Waals surface area contributed by atoms with Crippen molar-refractivity contribution in [1.82, 2.24) is 14.6 Å². The second kappa shape index (κ2) is 8.26. The molecule has 1 amide bonds. The predicted molar refractivity (Wildman–Crippen MR) is 117 cm³/mol. The number of guanidine groups is 1. The van der Waals surface area contributed by atoms with Crippen LogP contribution < -0.4 is 11.1 Å². The van der Waals surface area contributed by atoms with Gasteiger partial charge in [-0.15, -0.1) is 0 Å². The molecule has 0 spiro atoms. The molecule has 0 radical (unpaired) electrons. The third-order valence-electron chi connectivity index (χ3n) is 5.75. The number of hydrogen-bond donors (Lipinski definition) is 2. The van der Waals surface area contributed by atoms with E-state index in [-0.39, 0.29) is 11.7 Å². The SMILES string of the molecule is C=C1/C(=C\C=C(/C)NC(=O)c2ccc(F)cn2)CCC[C@H]2[C@]1(C)N=C(N)N(C)S2(=O)=O. The lowest BCUT2D eigenvalue weighted by Crippen LogP contribution is -2.57. The van der Waals surface area contributed by atoms with Gasteiger partial charge in [0.15, 0.2) is 0 Å². The van der Waals surface area contributed by atoms with Crippen LogP contribution in [0.2, 0.25) is 0 Å². The number of amides is 1. The van der Waals surface area contributed by atoms with Crippen LogP contribution in [-0.2, 0) is 10.0 Å². The molecule has 1 aliphatic heterocycles. The van der Waals surface area contributed by atoms with Crippen molar-refractivity contribution in [3.05, 3.63) is 65.4 Å². The van der Waals surface area contributed by atoms with Gasteiger partial charge in [0.25, 0.3) is 5.91 Å². The highest BCUT2D eigenvalue weighted by molar-refractivity contribution is 7.90. The average molecular weight is 448 g/mol. The number of sulfonamides is 1.